The lowest BCUT2D eigenvalue weighted by atomic mass is 10.1. The molecule has 0 aliphatic carbocycles. The number of hydrogen-bond donors (Lipinski definition) is 0. The van der Waals surface area contributed by atoms with Crippen LogP contribution in [-0.4, -0.2) is 37.5 Å². The Kier molecular flexibility index (Phi) is 4.52. The summed E-state index contributed by atoms with van der Waals surface area (Å²) in [4.78, 5) is 25.9. The third kappa shape index (κ3) is 2.87. The highest BCUT2D eigenvalue weighted by Gasteiger charge is 2.35. The first-order valence-corrected chi connectivity index (χ1v) is 7.57. The largest absolute Gasteiger partial charge is 0.493 e. The van der Waals surface area contributed by atoms with Crippen molar-refractivity contribution in [3.8, 4) is 11.5 Å². The predicted octanol–water partition coefficient (Wildman–Crippen LogP) is 3.31. The number of ether oxygens (including phenoxy) is 2. The minimum absolute atomic E-state index is 0.168. The molecule has 5 nitrogen and oxygen atoms in total. The standard InChI is InChI=1S/C19H16FNO4/c1-24-16-8-7-12(9-17(16)25-2)13(10-20)11-21-18(22)14-5-3-4-6-15(14)19(21)23/h3-10H,11H2,1-2H3. The zero-order valence-corrected chi connectivity index (χ0v) is 13.8. The maximum absolute atomic E-state index is 13.5. The van der Waals surface area contributed by atoms with E-state index in [-0.39, 0.29) is 12.1 Å². The van der Waals surface area contributed by atoms with E-state index in [1.54, 1.807) is 42.5 Å². The SMILES string of the molecule is COc1ccc(C(=CF)CN2C(=O)c3ccccc3C2=O)cc1OC. The number of methoxy groups -OCH3 is 2. The number of fused-ring (bicyclic) bond motifs is 1. The number of hydrogen-bond acceptors (Lipinski definition) is 4. The van der Waals surface area contributed by atoms with E-state index < -0.39 is 11.8 Å². The zero-order valence-electron chi connectivity index (χ0n) is 13.8. The van der Waals surface area contributed by atoms with Crippen LogP contribution >= 0.6 is 0 Å². The second kappa shape index (κ2) is 6.76. The van der Waals surface area contributed by atoms with E-state index in [1.807, 2.05) is 0 Å². The molecule has 0 atom stereocenters. The summed E-state index contributed by atoms with van der Waals surface area (Å²) >= 11 is 0. The average Bonchev–Trinajstić information content (AvgIpc) is 2.90. The Hall–Kier alpha value is -3.15. The molecule has 0 N–H and O–H groups in total. The monoisotopic (exact) mass is 341 g/mol. The molecule has 2 aromatic rings. The molecule has 0 saturated carbocycles. The minimum atomic E-state index is -0.430. The van der Waals surface area contributed by atoms with Crippen LogP contribution in [0.1, 0.15) is 26.3 Å². The van der Waals surface area contributed by atoms with Crippen molar-refractivity contribution < 1.29 is 23.5 Å². The molecule has 1 heterocycles. The predicted molar refractivity (Wildman–Crippen MR) is 90.4 cm³/mol. The van der Waals surface area contributed by atoms with Gasteiger partial charge in [0.15, 0.2) is 11.5 Å². The summed E-state index contributed by atoms with van der Waals surface area (Å²) in [5.41, 5.74) is 1.35. The van der Waals surface area contributed by atoms with Gasteiger partial charge in [0.2, 0.25) is 0 Å². The molecular weight excluding hydrogens is 325 g/mol. The van der Waals surface area contributed by atoms with Gasteiger partial charge >= 0.3 is 0 Å². The van der Waals surface area contributed by atoms with Crippen LogP contribution in [0, 0.1) is 0 Å². The molecule has 2 aromatic carbocycles. The number of benzene rings is 2. The lowest BCUT2D eigenvalue weighted by Gasteiger charge is -2.17. The van der Waals surface area contributed by atoms with Gasteiger partial charge in [-0.1, -0.05) is 18.2 Å². The van der Waals surface area contributed by atoms with Crippen LogP contribution in [0.3, 0.4) is 0 Å². The van der Waals surface area contributed by atoms with Crippen molar-refractivity contribution in [3.63, 3.8) is 0 Å². The number of imide groups is 1. The molecule has 6 heteroatoms. The molecular formula is C19H16FNO4. The fourth-order valence-corrected chi connectivity index (χ4v) is 2.78. The van der Waals surface area contributed by atoms with Gasteiger partial charge in [-0.25, -0.2) is 4.39 Å². The summed E-state index contributed by atoms with van der Waals surface area (Å²) in [7, 11) is 2.98. The Morgan fingerprint density at radius 1 is 1.00 bits per heavy atom. The summed E-state index contributed by atoms with van der Waals surface area (Å²) < 4.78 is 23.9. The highest BCUT2D eigenvalue weighted by Crippen LogP contribution is 2.32. The molecule has 0 saturated heterocycles. The van der Waals surface area contributed by atoms with Crippen molar-refractivity contribution in [1.29, 1.82) is 0 Å². The van der Waals surface area contributed by atoms with Gasteiger partial charge in [-0.05, 0) is 29.8 Å². The first-order valence-electron chi connectivity index (χ1n) is 7.57. The van der Waals surface area contributed by atoms with E-state index in [9.17, 15) is 14.0 Å². The van der Waals surface area contributed by atoms with Crippen molar-refractivity contribution in [2.24, 2.45) is 0 Å². The highest BCUT2D eigenvalue weighted by atomic mass is 19.1. The average molecular weight is 341 g/mol. The molecule has 2 amide bonds. The van der Waals surface area contributed by atoms with Gasteiger partial charge < -0.3 is 9.47 Å². The maximum atomic E-state index is 13.5. The number of nitrogens with zero attached hydrogens (tertiary/aromatic N) is 1. The number of rotatable bonds is 5. The van der Waals surface area contributed by atoms with Crippen LogP contribution < -0.4 is 9.47 Å². The Labute approximate surface area is 144 Å². The molecule has 0 aromatic heterocycles. The molecule has 0 radical (unpaired) electrons. The van der Waals surface area contributed by atoms with E-state index in [0.717, 1.165) is 4.90 Å². The van der Waals surface area contributed by atoms with E-state index in [1.165, 1.54) is 14.2 Å². The Balaban J connectivity index is 1.90. The Morgan fingerprint density at radius 2 is 1.60 bits per heavy atom. The number of carbonyl (C=O) groups excluding carboxylic acids is 2. The number of carbonyl (C=O) groups is 2. The molecule has 0 spiro atoms. The number of amides is 2. The quantitative estimate of drug-likeness (QED) is 0.783. The van der Waals surface area contributed by atoms with E-state index in [4.69, 9.17) is 9.47 Å². The summed E-state index contributed by atoms with van der Waals surface area (Å²) in [5, 5.41) is 0. The lowest BCUT2D eigenvalue weighted by molar-refractivity contribution is 0.0674. The van der Waals surface area contributed by atoms with Crippen LogP contribution in [0.2, 0.25) is 0 Å². The van der Waals surface area contributed by atoms with Gasteiger partial charge in [0, 0.05) is 5.57 Å². The molecule has 0 unspecified atom stereocenters. The summed E-state index contributed by atoms with van der Waals surface area (Å²) in [6, 6.07) is 11.4. The van der Waals surface area contributed by atoms with Crippen molar-refractivity contribution in [2.45, 2.75) is 0 Å². The fourth-order valence-electron chi connectivity index (χ4n) is 2.78. The minimum Gasteiger partial charge on any atom is -0.493 e. The van der Waals surface area contributed by atoms with Crippen LogP contribution in [0.4, 0.5) is 4.39 Å². The van der Waals surface area contributed by atoms with E-state index >= 15 is 0 Å². The Bertz CT molecular complexity index is 840. The first-order chi connectivity index (χ1) is 12.1. The third-order valence-corrected chi connectivity index (χ3v) is 4.09. The molecule has 0 bridgehead atoms. The molecule has 0 fully saturated rings. The first kappa shape index (κ1) is 16.7. The van der Waals surface area contributed by atoms with E-state index in [0.29, 0.717) is 34.5 Å². The fraction of sp³-hybridized carbons (Fsp3) is 0.158. The van der Waals surface area contributed by atoms with Crippen LogP contribution in [-0.2, 0) is 0 Å². The topological polar surface area (TPSA) is 55.8 Å². The summed E-state index contributed by atoms with van der Waals surface area (Å²) in [6.07, 6.45) is 0.394. The molecule has 25 heavy (non-hydrogen) atoms. The van der Waals surface area contributed by atoms with Gasteiger partial charge in [-0.2, -0.15) is 0 Å². The van der Waals surface area contributed by atoms with E-state index in [2.05, 4.69) is 0 Å². The maximum Gasteiger partial charge on any atom is 0.261 e. The molecule has 1 aliphatic heterocycles. The van der Waals surface area contributed by atoms with Crippen molar-refractivity contribution in [1.82, 2.24) is 4.90 Å². The normalized spacial score (nSPS) is 13.9. The molecule has 128 valence electrons. The second-order valence-electron chi connectivity index (χ2n) is 5.45. The van der Waals surface area contributed by atoms with Gasteiger partial charge in [-0.3, -0.25) is 14.5 Å². The van der Waals surface area contributed by atoms with Crippen molar-refractivity contribution in [2.75, 3.05) is 20.8 Å². The second-order valence-corrected chi connectivity index (χ2v) is 5.45. The zero-order chi connectivity index (χ0) is 18.0. The van der Waals surface area contributed by atoms with Crippen LogP contribution in [0.25, 0.3) is 5.57 Å². The molecule has 1 aliphatic rings. The van der Waals surface area contributed by atoms with Crippen molar-refractivity contribution >= 4 is 17.4 Å². The smallest absolute Gasteiger partial charge is 0.261 e. The Morgan fingerprint density at radius 3 is 2.12 bits per heavy atom. The van der Waals surface area contributed by atoms with Crippen molar-refractivity contribution in [3.05, 3.63) is 65.5 Å². The molecule has 3 rings (SSSR count). The van der Waals surface area contributed by atoms with Crippen LogP contribution in [0.15, 0.2) is 48.8 Å². The highest BCUT2D eigenvalue weighted by molar-refractivity contribution is 6.21. The van der Waals surface area contributed by atoms with Gasteiger partial charge in [0.25, 0.3) is 11.8 Å². The third-order valence-electron chi connectivity index (χ3n) is 4.09. The number of halogens is 1. The lowest BCUT2D eigenvalue weighted by Crippen LogP contribution is -2.31. The van der Waals surface area contributed by atoms with Gasteiger partial charge in [0.05, 0.1) is 38.2 Å². The summed E-state index contributed by atoms with van der Waals surface area (Å²) in [6.45, 7) is -0.168. The van der Waals surface area contributed by atoms with Gasteiger partial charge in [0.1, 0.15) is 0 Å². The van der Waals surface area contributed by atoms with Gasteiger partial charge in [-0.15, -0.1) is 0 Å². The van der Waals surface area contributed by atoms with Crippen LogP contribution in [0.5, 0.6) is 11.5 Å². The summed E-state index contributed by atoms with van der Waals surface area (Å²) in [5.74, 6) is 0.0766.